The first-order chi connectivity index (χ1) is 9.74. The smallest absolute Gasteiger partial charge is 0.238 e. The third kappa shape index (κ3) is 5.82. The van der Waals surface area contributed by atoms with Crippen LogP contribution in [-0.2, 0) is 14.8 Å². The fraction of sp³-hybridized carbons (Fsp3) is 0.500. The van der Waals surface area contributed by atoms with Gasteiger partial charge in [0.15, 0.2) is 0 Å². The summed E-state index contributed by atoms with van der Waals surface area (Å²) >= 11 is 0. The van der Waals surface area contributed by atoms with Crippen molar-refractivity contribution < 1.29 is 13.2 Å². The van der Waals surface area contributed by atoms with Gasteiger partial charge in [-0.15, -0.1) is 0 Å². The van der Waals surface area contributed by atoms with Gasteiger partial charge >= 0.3 is 0 Å². The summed E-state index contributed by atoms with van der Waals surface area (Å²) in [5.41, 5.74) is 6.72. The highest BCUT2D eigenvalue weighted by molar-refractivity contribution is 7.89. The van der Waals surface area contributed by atoms with Crippen LogP contribution >= 0.6 is 0 Å². The number of amides is 1. The molecule has 7 heteroatoms. The Kier molecular flexibility index (Phi) is 6.32. The van der Waals surface area contributed by atoms with Gasteiger partial charge in [0.05, 0.1) is 4.90 Å². The second kappa shape index (κ2) is 7.53. The van der Waals surface area contributed by atoms with Crippen molar-refractivity contribution in [3.8, 4) is 0 Å². The van der Waals surface area contributed by atoms with E-state index in [1.54, 1.807) is 13.0 Å². The van der Waals surface area contributed by atoms with Crippen LogP contribution in [0.5, 0.6) is 0 Å². The fourth-order valence-corrected chi connectivity index (χ4v) is 2.47. The van der Waals surface area contributed by atoms with E-state index in [2.05, 4.69) is 5.32 Å². The summed E-state index contributed by atoms with van der Waals surface area (Å²) in [5.74, 6) is 0.242. The predicted octanol–water partition coefficient (Wildman–Crippen LogP) is 1.35. The predicted molar refractivity (Wildman–Crippen MR) is 83.3 cm³/mol. The molecule has 0 saturated heterocycles. The molecule has 21 heavy (non-hydrogen) atoms. The van der Waals surface area contributed by atoms with Crippen molar-refractivity contribution in [2.24, 2.45) is 16.8 Å². The van der Waals surface area contributed by atoms with Gasteiger partial charge in [-0.25, -0.2) is 13.6 Å². The normalized spacial score (nSPS) is 13.0. The van der Waals surface area contributed by atoms with Crippen molar-refractivity contribution in [3.05, 3.63) is 23.8 Å². The zero-order valence-corrected chi connectivity index (χ0v) is 13.2. The molecule has 0 aliphatic heterocycles. The molecule has 0 aromatic heterocycles. The minimum absolute atomic E-state index is 0.0140. The Labute approximate surface area is 126 Å². The number of benzene rings is 1. The second-order valence-corrected chi connectivity index (χ2v) is 6.85. The minimum atomic E-state index is -3.78. The molecule has 1 atom stereocenters. The van der Waals surface area contributed by atoms with E-state index in [0.717, 1.165) is 18.4 Å². The molecule has 1 aromatic carbocycles. The molecule has 0 aliphatic rings. The lowest BCUT2D eigenvalue weighted by atomic mass is 10.0. The molecule has 0 aliphatic carbocycles. The number of hydrogen-bond donors (Lipinski definition) is 3. The van der Waals surface area contributed by atoms with Crippen molar-refractivity contribution in [1.82, 2.24) is 0 Å². The van der Waals surface area contributed by atoms with E-state index in [1.807, 2.05) is 6.92 Å². The molecule has 118 valence electrons. The average molecular weight is 313 g/mol. The molecule has 0 radical (unpaired) electrons. The molecule has 0 fully saturated rings. The molecule has 5 N–H and O–H groups in total. The van der Waals surface area contributed by atoms with Gasteiger partial charge in [-0.1, -0.05) is 13.0 Å². The molecule has 6 nitrogen and oxygen atoms in total. The summed E-state index contributed by atoms with van der Waals surface area (Å²) in [6.07, 6.45) is 2.00. The Morgan fingerprint density at radius 3 is 2.57 bits per heavy atom. The molecule has 1 aromatic rings. The van der Waals surface area contributed by atoms with Crippen LogP contribution in [-0.4, -0.2) is 20.9 Å². The maximum Gasteiger partial charge on any atom is 0.238 e. The topological polar surface area (TPSA) is 115 Å². The highest BCUT2D eigenvalue weighted by Crippen LogP contribution is 2.20. The van der Waals surface area contributed by atoms with Gasteiger partial charge in [0.1, 0.15) is 0 Å². The molecule has 1 amide bonds. The number of carbonyl (C=O) groups excluding carboxylic acids is 1. The number of nitrogens with two attached hydrogens (primary N) is 2. The number of rotatable bonds is 7. The molecule has 0 saturated carbocycles. The van der Waals surface area contributed by atoms with Gasteiger partial charge in [0.2, 0.25) is 15.9 Å². The van der Waals surface area contributed by atoms with Crippen LogP contribution in [0.3, 0.4) is 0 Å². The Bertz CT molecular complexity index is 599. The average Bonchev–Trinajstić information content (AvgIpc) is 2.38. The minimum Gasteiger partial charge on any atom is -0.330 e. The Balaban J connectivity index is 2.72. The summed E-state index contributed by atoms with van der Waals surface area (Å²) in [7, 11) is -3.78. The first kappa shape index (κ1) is 17.6. The van der Waals surface area contributed by atoms with E-state index in [9.17, 15) is 13.2 Å². The first-order valence-corrected chi connectivity index (χ1v) is 8.42. The monoisotopic (exact) mass is 313 g/mol. The van der Waals surface area contributed by atoms with Crippen molar-refractivity contribution in [2.45, 2.75) is 38.0 Å². The van der Waals surface area contributed by atoms with Crippen LogP contribution in [0.1, 0.15) is 31.7 Å². The third-order valence-electron chi connectivity index (χ3n) is 3.34. The Hall–Kier alpha value is -1.44. The first-order valence-electron chi connectivity index (χ1n) is 6.87. The van der Waals surface area contributed by atoms with Crippen LogP contribution < -0.4 is 16.2 Å². The third-order valence-corrected chi connectivity index (χ3v) is 4.25. The van der Waals surface area contributed by atoms with Crippen LogP contribution in [0, 0.1) is 12.8 Å². The SMILES string of the molecule is Cc1ccc(S(N)(=O)=O)cc1NC(=O)CCC(C)CCN. The van der Waals surface area contributed by atoms with Crippen molar-refractivity contribution in [2.75, 3.05) is 11.9 Å². The van der Waals surface area contributed by atoms with E-state index in [0.29, 0.717) is 24.6 Å². The van der Waals surface area contributed by atoms with E-state index in [4.69, 9.17) is 10.9 Å². The van der Waals surface area contributed by atoms with Gasteiger partial charge in [-0.2, -0.15) is 0 Å². The van der Waals surface area contributed by atoms with Gasteiger partial charge < -0.3 is 11.1 Å². The van der Waals surface area contributed by atoms with Crippen LogP contribution in [0.15, 0.2) is 23.1 Å². The lowest BCUT2D eigenvalue weighted by molar-refractivity contribution is -0.116. The molecule has 0 bridgehead atoms. The summed E-state index contributed by atoms with van der Waals surface area (Å²) in [6.45, 7) is 4.45. The Morgan fingerprint density at radius 2 is 2.00 bits per heavy atom. The fourth-order valence-electron chi connectivity index (χ4n) is 1.93. The van der Waals surface area contributed by atoms with Crippen molar-refractivity contribution in [3.63, 3.8) is 0 Å². The summed E-state index contributed by atoms with van der Waals surface area (Å²) in [6, 6.07) is 4.42. The molecule has 1 unspecified atom stereocenters. The number of carbonyl (C=O) groups is 1. The van der Waals surface area contributed by atoms with Gasteiger partial charge in [-0.05, 0) is 49.9 Å². The van der Waals surface area contributed by atoms with Crippen molar-refractivity contribution >= 4 is 21.6 Å². The number of primary sulfonamides is 1. The molecule has 1 rings (SSSR count). The number of hydrogen-bond acceptors (Lipinski definition) is 4. The number of anilines is 1. The Morgan fingerprint density at radius 1 is 1.33 bits per heavy atom. The van der Waals surface area contributed by atoms with Crippen LogP contribution in [0.4, 0.5) is 5.69 Å². The molecule has 0 spiro atoms. The van der Waals surface area contributed by atoms with Gasteiger partial charge in [0, 0.05) is 12.1 Å². The quantitative estimate of drug-likeness (QED) is 0.704. The number of nitrogens with one attached hydrogen (secondary N) is 1. The highest BCUT2D eigenvalue weighted by atomic mass is 32.2. The maximum absolute atomic E-state index is 11.9. The lowest BCUT2D eigenvalue weighted by Crippen LogP contribution is -2.16. The van der Waals surface area contributed by atoms with Gasteiger partial charge in [0.25, 0.3) is 0 Å². The van der Waals surface area contributed by atoms with Crippen LogP contribution in [0.2, 0.25) is 0 Å². The zero-order valence-electron chi connectivity index (χ0n) is 12.4. The second-order valence-electron chi connectivity index (χ2n) is 5.29. The standard InChI is InChI=1S/C14H23N3O3S/c1-10(7-8-15)3-6-14(18)17-13-9-12(21(16,19)20)5-4-11(13)2/h4-5,9-10H,3,6-8,15H2,1-2H3,(H,17,18)(H2,16,19,20). The summed E-state index contributed by atoms with van der Waals surface area (Å²) < 4.78 is 22.6. The van der Waals surface area contributed by atoms with E-state index in [-0.39, 0.29) is 10.8 Å². The van der Waals surface area contributed by atoms with E-state index < -0.39 is 10.0 Å². The lowest BCUT2D eigenvalue weighted by Gasteiger charge is -2.12. The number of aryl methyl sites for hydroxylation is 1. The summed E-state index contributed by atoms with van der Waals surface area (Å²) in [4.78, 5) is 11.9. The molecular formula is C14H23N3O3S. The maximum atomic E-state index is 11.9. The number of sulfonamides is 1. The molecule has 0 heterocycles. The van der Waals surface area contributed by atoms with Gasteiger partial charge in [-0.3, -0.25) is 4.79 Å². The van der Waals surface area contributed by atoms with Crippen LogP contribution in [0.25, 0.3) is 0 Å². The van der Waals surface area contributed by atoms with E-state index in [1.165, 1.54) is 12.1 Å². The highest BCUT2D eigenvalue weighted by Gasteiger charge is 2.12. The van der Waals surface area contributed by atoms with E-state index >= 15 is 0 Å². The summed E-state index contributed by atoms with van der Waals surface area (Å²) in [5, 5.41) is 7.82. The largest absolute Gasteiger partial charge is 0.330 e. The molecular weight excluding hydrogens is 290 g/mol. The zero-order chi connectivity index (χ0) is 16.0. The van der Waals surface area contributed by atoms with Crippen molar-refractivity contribution in [1.29, 1.82) is 0 Å².